The fourth-order valence-corrected chi connectivity index (χ4v) is 3.78. The summed E-state index contributed by atoms with van der Waals surface area (Å²) < 4.78 is 5.06. The van der Waals surface area contributed by atoms with Crippen molar-refractivity contribution in [2.45, 2.75) is 57.4 Å². The fraction of sp³-hybridized carbons (Fsp3) is 0.524. The van der Waals surface area contributed by atoms with E-state index in [4.69, 9.17) is 4.74 Å². The second-order valence-electron chi connectivity index (χ2n) is 7.54. The molecule has 3 rings (SSSR count). The minimum Gasteiger partial charge on any atom is -0.462 e. The highest BCUT2D eigenvalue weighted by molar-refractivity contribution is 6.07. The largest absolute Gasteiger partial charge is 0.462 e. The van der Waals surface area contributed by atoms with Crippen molar-refractivity contribution in [2.24, 2.45) is 0 Å². The van der Waals surface area contributed by atoms with Gasteiger partial charge < -0.3 is 15.4 Å². The molecule has 0 aromatic heterocycles. The van der Waals surface area contributed by atoms with Crippen LogP contribution >= 0.6 is 0 Å². The van der Waals surface area contributed by atoms with Gasteiger partial charge in [-0.3, -0.25) is 14.5 Å². The standard InChI is InChI=1S/C21H27N3O5/c1-2-14-29-18(26)15-6-8-16(9-7-15)22-17(25)10-13-24-19(27)21(23-20(24)28)11-4-3-5-12-21/h6-9H,2-5,10-14H2,1H3,(H,22,25)(H,23,28). The van der Waals surface area contributed by atoms with Crippen LogP contribution in [-0.2, 0) is 14.3 Å². The quantitative estimate of drug-likeness (QED) is 0.540. The van der Waals surface area contributed by atoms with Crippen LogP contribution in [0.5, 0.6) is 0 Å². The number of urea groups is 1. The van der Waals surface area contributed by atoms with Crippen LogP contribution in [0.3, 0.4) is 0 Å². The molecule has 1 spiro atoms. The molecule has 0 bridgehead atoms. The number of imide groups is 1. The van der Waals surface area contributed by atoms with Gasteiger partial charge in [-0.15, -0.1) is 0 Å². The van der Waals surface area contributed by atoms with Crippen LogP contribution in [0.15, 0.2) is 24.3 Å². The van der Waals surface area contributed by atoms with Crippen molar-refractivity contribution < 1.29 is 23.9 Å². The number of ether oxygens (including phenoxy) is 1. The number of rotatable bonds is 7. The summed E-state index contributed by atoms with van der Waals surface area (Å²) in [5, 5.41) is 5.55. The molecule has 1 saturated heterocycles. The fourth-order valence-electron chi connectivity index (χ4n) is 3.78. The van der Waals surface area contributed by atoms with E-state index in [9.17, 15) is 19.2 Å². The Morgan fingerprint density at radius 2 is 1.83 bits per heavy atom. The summed E-state index contributed by atoms with van der Waals surface area (Å²) in [7, 11) is 0. The molecule has 1 aromatic carbocycles. The summed E-state index contributed by atoms with van der Waals surface area (Å²) in [6.45, 7) is 2.32. The lowest BCUT2D eigenvalue weighted by atomic mass is 9.82. The summed E-state index contributed by atoms with van der Waals surface area (Å²) >= 11 is 0. The molecule has 1 aliphatic heterocycles. The molecule has 156 valence electrons. The van der Waals surface area contributed by atoms with Crippen LogP contribution < -0.4 is 10.6 Å². The Bertz CT molecular complexity index is 784. The van der Waals surface area contributed by atoms with Crippen LogP contribution in [0.1, 0.15) is 62.2 Å². The van der Waals surface area contributed by atoms with E-state index < -0.39 is 17.5 Å². The number of nitrogens with zero attached hydrogens (tertiary/aromatic N) is 1. The number of hydrogen-bond acceptors (Lipinski definition) is 5. The Morgan fingerprint density at radius 3 is 2.48 bits per heavy atom. The second-order valence-corrected chi connectivity index (χ2v) is 7.54. The number of hydrogen-bond donors (Lipinski definition) is 2. The minimum atomic E-state index is -0.770. The van der Waals surface area contributed by atoms with E-state index in [2.05, 4.69) is 10.6 Å². The lowest BCUT2D eigenvalue weighted by Gasteiger charge is -2.30. The molecule has 29 heavy (non-hydrogen) atoms. The molecule has 0 unspecified atom stereocenters. The van der Waals surface area contributed by atoms with Gasteiger partial charge in [0.1, 0.15) is 5.54 Å². The lowest BCUT2D eigenvalue weighted by molar-refractivity contribution is -0.132. The topological polar surface area (TPSA) is 105 Å². The molecule has 0 radical (unpaired) electrons. The number of benzene rings is 1. The maximum absolute atomic E-state index is 12.7. The third-order valence-electron chi connectivity index (χ3n) is 5.36. The van der Waals surface area contributed by atoms with Gasteiger partial charge in [-0.1, -0.05) is 26.2 Å². The zero-order valence-electron chi connectivity index (χ0n) is 16.7. The van der Waals surface area contributed by atoms with Crippen LogP contribution in [0.2, 0.25) is 0 Å². The number of anilines is 1. The molecule has 1 aliphatic carbocycles. The van der Waals surface area contributed by atoms with Crippen molar-refractivity contribution in [3.8, 4) is 0 Å². The highest BCUT2D eigenvalue weighted by atomic mass is 16.5. The molecule has 2 N–H and O–H groups in total. The molecule has 0 atom stereocenters. The molecular weight excluding hydrogens is 374 g/mol. The van der Waals surface area contributed by atoms with Crippen LogP contribution in [0, 0.1) is 0 Å². The Kier molecular flexibility index (Phi) is 6.51. The molecule has 2 aliphatic rings. The molecule has 8 nitrogen and oxygen atoms in total. The van der Waals surface area contributed by atoms with Crippen molar-refractivity contribution >= 4 is 29.5 Å². The molecule has 8 heteroatoms. The SMILES string of the molecule is CCCOC(=O)c1ccc(NC(=O)CCN2C(=O)NC3(CCCCC3)C2=O)cc1. The van der Waals surface area contributed by atoms with Gasteiger partial charge >= 0.3 is 12.0 Å². The van der Waals surface area contributed by atoms with Crippen LogP contribution in [-0.4, -0.2) is 47.4 Å². The van der Waals surface area contributed by atoms with E-state index in [1.165, 1.54) is 0 Å². The zero-order valence-corrected chi connectivity index (χ0v) is 16.7. The number of amides is 4. The summed E-state index contributed by atoms with van der Waals surface area (Å²) in [4.78, 5) is 50.1. The van der Waals surface area contributed by atoms with E-state index in [0.717, 1.165) is 30.6 Å². The predicted molar refractivity (Wildman–Crippen MR) is 106 cm³/mol. The average molecular weight is 401 g/mol. The molecule has 2 fully saturated rings. The maximum Gasteiger partial charge on any atom is 0.338 e. The minimum absolute atomic E-state index is 0.00946. The molecule has 1 aromatic rings. The first-order chi connectivity index (χ1) is 13.9. The Morgan fingerprint density at radius 1 is 1.14 bits per heavy atom. The summed E-state index contributed by atoms with van der Waals surface area (Å²) in [5.41, 5.74) is 0.171. The smallest absolute Gasteiger partial charge is 0.338 e. The van der Waals surface area contributed by atoms with E-state index in [-0.39, 0.29) is 24.8 Å². The molecular formula is C21H27N3O5. The van der Waals surface area contributed by atoms with Gasteiger partial charge in [0.05, 0.1) is 12.2 Å². The number of carbonyl (C=O) groups is 4. The highest BCUT2D eigenvalue weighted by Crippen LogP contribution is 2.33. The third-order valence-corrected chi connectivity index (χ3v) is 5.36. The second kappa shape index (κ2) is 9.07. The van der Waals surface area contributed by atoms with E-state index in [1.54, 1.807) is 24.3 Å². The molecule has 4 amide bonds. The molecule has 1 saturated carbocycles. The van der Waals surface area contributed by atoms with Crippen molar-refractivity contribution in [3.05, 3.63) is 29.8 Å². The maximum atomic E-state index is 12.7. The third kappa shape index (κ3) is 4.75. The van der Waals surface area contributed by atoms with E-state index in [1.807, 2.05) is 6.92 Å². The average Bonchev–Trinajstić information content (AvgIpc) is 2.94. The van der Waals surface area contributed by atoms with Crippen LogP contribution in [0.4, 0.5) is 10.5 Å². The monoisotopic (exact) mass is 401 g/mol. The first-order valence-corrected chi connectivity index (χ1v) is 10.2. The van der Waals surface area contributed by atoms with Gasteiger partial charge in [-0.2, -0.15) is 0 Å². The number of carbonyl (C=O) groups excluding carboxylic acids is 4. The van der Waals surface area contributed by atoms with Crippen molar-refractivity contribution in [2.75, 3.05) is 18.5 Å². The normalized spacial score (nSPS) is 17.9. The van der Waals surface area contributed by atoms with Crippen LogP contribution in [0.25, 0.3) is 0 Å². The van der Waals surface area contributed by atoms with Crippen molar-refractivity contribution in [3.63, 3.8) is 0 Å². The van der Waals surface area contributed by atoms with Gasteiger partial charge in [-0.25, -0.2) is 9.59 Å². The van der Waals surface area contributed by atoms with Gasteiger partial charge in [0.25, 0.3) is 5.91 Å². The summed E-state index contributed by atoms with van der Waals surface area (Å²) in [6.07, 6.45) is 4.99. The van der Waals surface area contributed by atoms with E-state index in [0.29, 0.717) is 30.7 Å². The van der Waals surface area contributed by atoms with E-state index >= 15 is 0 Å². The zero-order chi connectivity index (χ0) is 20.9. The molecule has 1 heterocycles. The van der Waals surface area contributed by atoms with Crippen molar-refractivity contribution in [1.82, 2.24) is 10.2 Å². The van der Waals surface area contributed by atoms with Crippen molar-refractivity contribution in [1.29, 1.82) is 0 Å². The number of nitrogens with one attached hydrogen (secondary N) is 2. The summed E-state index contributed by atoms with van der Waals surface area (Å²) in [6, 6.07) is 5.98. The first-order valence-electron chi connectivity index (χ1n) is 10.2. The number of esters is 1. The Hall–Kier alpha value is -2.90. The highest BCUT2D eigenvalue weighted by Gasteiger charge is 2.51. The summed E-state index contributed by atoms with van der Waals surface area (Å²) in [5.74, 6) is -0.929. The lowest BCUT2D eigenvalue weighted by Crippen LogP contribution is -2.48. The van der Waals surface area contributed by atoms with Gasteiger partial charge in [0, 0.05) is 18.7 Å². The van der Waals surface area contributed by atoms with Gasteiger partial charge in [0.2, 0.25) is 5.91 Å². The van der Waals surface area contributed by atoms with Gasteiger partial charge in [0.15, 0.2) is 0 Å². The first kappa shape index (κ1) is 20.8. The predicted octanol–water partition coefficient (Wildman–Crippen LogP) is 2.84. The van der Waals surface area contributed by atoms with Gasteiger partial charge in [-0.05, 0) is 43.5 Å². The Labute approximate surface area is 170 Å². The Balaban J connectivity index is 1.50.